The van der Waals surface area contributed by atoms with E-state index in [2.05, 4.69) is 17.4 Å². The van der Waals surface area contributed by atoms with Gasteiger partial charge in [-0.05, 0) is 55.0 Å². The van der Waals surface area contributed by atoms with Crippen LogP contribution >= 0.6 is 23.2 Å². The molecule has 1 saturated carbocycles. The average molecular weight is 364 g/mol. The van der Waals surface area contributed by atoms with Crippen LogP contribution in [-0.2, 0) is 13.0 Å². The molecule has 5 heteroatoms. The molecule has 0 saturated heterocycles. The number of ether oxygens (including phenoxy) is 1. The van der Waals surface area contributed by atoms with E-state index in [1.165, 1.54) is 18.4 Å². The summed E-state index contributed by atoms with van der Waals surface area (Å²) in [5, 5.41) is 3.75. The Hall–Kier alpha value is -1.71. The molecule has 1 N–H and O–H groups in total. The van der Waals surface area contributed by atoms with Crippen LogP contribution in [0.3, 0.4) is 0 Å². The standard InChI is InChI=1S/C19H19Cl2NO2/c1-24-18-7-4-13(8-12-2-3-12)9-14(18)11-22-19(23)16-6-5-15(20)10-17(16)21/h4-7,9-10,12H,2-3,8,11H2,1H3,(H,22,23). The number of hydrogen-bond acceptors (Lipinski definition) is 2. The molecule has 126 valence electrons. The van der Waals surface area contributed by atoms with Gasteiger partial charge in [-0.2, -0.15) is 0 Å². The normalized spacial score (nSPS) is 13.6. The number of nitrogens with one attached hydrogen (secondary N) is 1. The molecule has 24 heavy (non-hydrogen) atoms. The Morgan fingerprint density at radius 2 is 2.00 bits per heavy atom. The summed E-state index contributed by atoms with van der Waals surface area (Å²) in [5.41, 5.74) is 2.66. The predicted molar refractivity (Wildman–Crippen MR) is 97.1 cm³/mol. The summed E-state index contributed by atoms with van der Waals surface area (Å²) < 4.78 is 5.40. The van der Waals surface area contributed by atoms with Gasteiger partial charge in [-0.3, -0.25) is 4.79 Å². The van der Waals surface area contributed by atoms with E-state index in [1.54, 1.807) is 25.3 Å². The van der Waals surface area contributed by atoms with Crippen molar-refractivity contribution < 1.29 is 9.53 Å². The van der Waals surface area contributed by atoms with Gasteiger partial charge >= 0.3 is 0 Å². The summed E-state index contributed by atoms with van der Waals surface area (Å²) in [6.45, 7) is 0.388. The monoisotopic (exact) mass is 363 g/mol. The summed E-state index contributed by atoms with van der Waals surface area (Å²) in [6.07, 6.45) is 3.72. The number of carbonyl (C=O) groups excluding carboxylic acids is 1. The Bertz CT molecular complexity index is 757. The van der Waals surface area contributed by atoms with Crippen LogP contribution in [0, 0.1) is 5.92 Å². The number of methoxy groups -OCH3 is 1. The number of hydrogen-bond donors (Lipinski definition) is 1. The van der Waals surface area contributed by atoms with Crippen LogP contribution < -0.4 is 10.1 Å². The van der Waals surface area contributed by atoms with Crippen molar-refractivity contribution in [1.29, 1.82) is 0 Å². The van der Waals surface area contributed by atoms with E-state index in [0.717, 1.165) is 23.7 Å². The lowest BCUT2D eigenvalue weighted by Crippen LogP contribution is -2.23. The molecule has 0 aromatic heterocycles. The quantitative estimate of drug-likeness (QED) is 0.793. The van der Waals surface area contributed by atoms with E-state index in [0.29, 0.717) is 22.2 Å². The summed E-state index contributed by atoms with van der Waals surface area (Å²) in [5.74, 6) is 1.36. The summed E-state index contributed by atoms with van der Waals surface area (Å²) in [7, 11) is 1.64. The lowest BCUT2D eigenvalue weighted by Gasteiger charge is -2.12. The van der Waals surface area contributed by atoms with Crippen LogP contribution in [-0.4, -0.2) is 13.0 Å². The Labute approximate surface area is 151 Å². The van der Waals surface area contributed by atoms with Crippen LogP contribution in [0.1, 0.15) is 34.3 Å². The maximum atomic E-state index is 12.3. The molecule has 3 rings (SSSR count). The Morgan fingerprint density at radius 1 is 1.21 bits per heavy atom. The molecule has 1 aliphatic rings. The molecular formula is C19H19Cl2NO2. The first-order valence-corrected chi connectivity index (χ1v) is 8.71. The maximum absolute atomic E-state index is 12.3. The Balaban J connectivity index is 1.71. The third kappa shape index (κ3) is 4.22. The molecule has 0 aliphatic heterocycles. The second-order valence-corrected chi connectivity index (χ2v) is 6.94. The minimum atomic E-state index is -0.230. The van der Waals surface area contributed by atoms with Crippen molar-refractivity contribution in [2.45, 2.75) is 25.8 Å². The number of halogens is 2. The van der Waals surface area contributed by atoms with Gasteiger partial charge in [-0.25, -0.2) is 0 Å². The molecule has 0 heterocycles. The Morgan fingerprint density at radius 3 is 2.67 bits per heavy atom. The molecule has 0 atom stereocenters. The molecule has 1 aliphatic carbocycles. The van der Waals surface area contributed by atoms with E-state index >= 15 is 0 Å². The zero-order valence-corrected chi connectivity index (χ0v) is 15.0. The first-order chi connectivity index (χ1) is 11.6. The van der Waals surface area contributed by atoms with Crippen molar-refractivity contribution in [3.63, 3.8) is 0 Å². The second-order valence-electron chi connectivity index (χ2n) is 6.10. The van der Waals surface area contributed by atoms with Crippen LogP contribution in [0.2, 0.25) is 10.0 Å². The minimum absolute atomic E-state index is 0.230. The lowest BCUT2D eigenvalue weighted by atomic mass is 10.0. The van der Waals surface area contributed by atoms with Crippen LogP contribution in [0.25, 0.3) is 0 Å². The highest BCUT2D eigenvalue weighted by molar-refractivity contribution is 6.36. The molecule has 2 aromatic rings. The fraction of sp³-hybridized carbons (Fsp3) is 0.316. The molecule has 3 nitrogen and oxygen atoms in total. The highest BCUT2D eigenvalue weighted by atomic mass is 35.5. The Kier molecular flexibility index (Phi) is 5.32. The number of amides is 1. The van der Waals surface area contributed by atoms with Gasteiger partial charge in [0.2, 0.25) is 0 Å². The highest BCUT2D eigenvalue weighted by Gasteiger charge is 2.22. The largest absolute Gasteiger partial charge is 0.496 e. The van der Waals surface area contributed by atoms with Crippen molar-refractivity contribution in [3.05, 3.63) is 63.1 Å². The van der Waals surface area contributed by atoms with Crippen molar-refractivity contribution in [1.82, 2.24) is 5.32 Å². The summed E-state index contributed by atoms with van der Waals surface area (Å²) in [4.78, 5) is 12.3. The fourth-order valence-electron chi connectivity index (χ4n) is 2.70. The van der Waals surface area contributed by atoms with Gasteiger partial charge in [-0.1, -0.05) is 35.3 Å². The highest BCUT2D eigenvalue weighted by Crippen LogP contribution is 2.33. The maximum Gasteiger partial charge on any atom is 0.253 e. The van der Waals surface area contributed by atoms with E-state index < -0.39 is 0 Å². The molecule has 0 radical (unpaired) electrons. The van der Waals surface area contributed by atoms with Crippen LogP contribution in [0.15, 0.2) is 36.4 Å². The SMILES string of the molecule is COc1ccc(CC2CC2)cc1CNC(=O)c1ccc(Cl)cc1Cl. The second kappa shape index (κ2) is 7.45. The van der Waals surface area contributed by atoms with E-state index in [9.17, 15) is 4.79 Å². The van der Waals surface area contributed by atoms with Crippen molar-refractivity contribution in [2.75, 3.05) is 7.11 Å². The van der Waals surface area contributed by atoms with Gasteiger partial charge < -0.3 is 10.1 Å². The molecule has 0 spiro atoms. The molecule has 1 amide bonds. The molecule has 0 unspecified atom stereocenters. The smallest absolute Gasteiger partial charge is 0.253 e. The van der Waals surface area contributed by atoms with Crippen LogP contribution in [0.5, 0.6) is 5.75 Å². The lowest BCUT2D eigenvalue weighted by molar-refractivity contribution is 0.0951. The molecular weight excluding hydrogens is 345 g/mol. The third-order valence-corrected chi connectivity index (χ3v) is 4.73. The number of benzene rings is 2. The first kappa shape index (κ1) is 17.1. The molecule has 0 bridgehead atoms. The van der Waals surface area contributed by atoms with E-state index in [-0.39, 0.29) is 5.91 Å². The minimum Gasteiger partial charge on any atom is -0.496 e. The van der Waals surface area contributed by atoms with Crippen molar-refractivity contribution >= 4 is 29.1 Å². The van der Waals surface area contributed by atoms with Gasteiger partial charge in [0.25, 0.3) is 5.91 Å². The topological polar surface area (TPSA) is 38.3 Å². The van der Waals surface area contributed by atoms with Gasteiger partial charge in [-0.15, -0.1) is 0 Å². The van der Waals surface area contributed by atoms with Gasteiger partial charge in [0.1, 0.15) is 5.75 Å². The van der Waals surface area contributed by atoms with E-state index in [4.69, 9.17) is 27.9 Å². The third-order valence-electron chi connectivity index (χ3n) is 4.18. The van der Waals surface area contributed by atoms with Crippen molar-refractivity contribution in [3.8, 4) is 5.75 Å². The predicted octanol–water partition coefficient (Wildman–Crippen LogP) is 4.88. The van der Waals surface area contributed by atoms with Gasteiger partial charge in [0, 0.05) is 17.1 Å². The molecule has 2 aromatic carbocycles. The van der Waals surface area contributed by atoms with Crippen LogP contribution in [0.4, 0.5) is 0 Å². The number of rotatable bonds is 6. The summed E-state index contributed by atoms with van der Waals surface area (Å²) in [6, 6.07) is 11.0. The van der Waals surface area contributed by atoms with Gasteiger partial charge in [0.15, 0.2) is 0 Å². The van der Waals surface area contributed by atoms with E-state index in [1.807, 2.05) is 6.07 Å². The fourth-order valence-corrected chi connectivity index (χ4v) is 3.19. The zero-order chi connectivity index (χ0) is 17.1. The van der Waals surface area contributed by atoms with Gasteiger partial charge in [0.05, 0.1) is 17.7 Å². The average Bonchev–Trinajstić information content (AvgIpc) is 3.37. The first-order valence-electron chi connectivity index (χ1n) is 7.96. The number of carbonyl (C=O) groups is 1. The molecule has 1 fully saturated rings. The zero-order valence-electron chi connectivity index (χ0n) is 13.4. The summed E-state index contributed by atoms with van der Waals surface area (Å²) >= 11 is 11.9. The van der Waals surface area contributed by atoms with Crippen molar-refractivity contribution in [2.24, 2.45) is 5.92 Å².